The van der Waals surface area contributed by atoms with Gasteiger partial charge in [0.15, 0.2) is 6.11 Å². The number of halogens is 1. The largest absolute Gasteiger partial charge is 0.332 e. The van der Waals surface area contributed by atoms with Crippen LogP contribution in [-0.2, 0) is 4.29 Å². The molecule has 0 aliphatic carbocycles. The van der Waals surface area contributed by atoms with Gasteiger partial charge in [0, 0.05) is 5.92 Å². The topological polar surface area (TPSA) is 9.23 Å². The zero-order valence-corrected chi connectivity index (χ0v) is 3.62. The molecular weight excluding hydrogens is 99.5 g/mol. The summed E-state index contributed by atoms with van der Waals surface area (Å²) in [6, 6.07) is 0. The molecule has 0 spiro atoms. The summed E-state index contributed by atoms with van der Waals surface area (Å²) in [5.74, 6) is 4.12. The number of hydrogen-bond donors (Lipinski definition) is 0. The van der Waals surface area contributed by atoms with Gasteiger partial charge in [0.2, 0.25) is 0 Å². The molecule has 0 aromatic heterocycles. The van der Waals surface area contributed by atoms with Gasteiger partial charge in [-0.15, -0.1) is 6.42 Å². The molecule has 0 fully saturated rings. The molecule has 0 amide bonds. The van der Waals surface area contributed by atoms with Gasteiger partial charge in [-0.2, -0.15) is 0 Å². The van der Waals surface area contributed by atoms with Crippen molar-refractivity contribution in [1.29, 1.82) is 0 Å². The van der Waals surface area contributed by atoms with Crippen molar-refractivity contribution >= 4 is 11.9 Å². The summed E-state index contributed by atoms with van der Waals surface area (Å²) < 4.78 is 3.75. The lowest BCUT2D eigenvalue weighted by Crippen LogP contribution is -1.50. The Hall–Kier alpha value is -0.790. The van der Waals surface area contributed by atoms with Crippen LogP contribution in [0.15, 0.2) is 0 Å². The zero-order chi connectivity index (χ0) is 4.83. The van der Waals surface area contributed by atoms with Crippen molar-refractivity contribution in [2.45, 2.75) is 0 Å². The van der Waals surface area contributed by atoms with Gasteiger partial charge in [-0.3, -0.25) is 0 Å². The molecule has 2 heteroatoms. The molecule has 0 heterocycles. The van der Waals surface area contributed by atoms with E-state index in [0.717, 1.165) is 0 Å². The second-order valence-electron chi connectivity index (χ2n) is 0.449. The Morgan fingerprint density at radius 1 is 1.67 bits per heavy atom. The molecule has 0 aromatic rings. The molecule has 6 heavy (non-hydrogen) atoms. The predicted octanol–water partition coefficient (Wildman–Crippen LogP) is 0.751. The number of terminal acetylenes is 1. The van der Waals surface area contributed by atoms with Gasteiger partial charge >= 0.3 is 0 Å². The third-order valence-electron chi connectivity index (χ3n) is 0.162. The fourth-order valence-corrected chi connectivity index (χ4v) is 0.0873. The lowest BCUT2D eigenvalue weighted by atomic mass is 10.7. The third-order valence-corrected chi connectivity index (χ3v) is 0.239. The molecule has 0 N–H and O–H groups in total. The van der Waals surface area contributed by atoms with Crippen LogP contribution >= 0.6 is 11.9 Å². The summed E-state index contributed by atoms with van der Waals surface area (Å²) in [6.45, 7) is 0. The summed E-state index contributed by atoms with van der Waals surface area (Å²) in [5.41, 5.74) is 0. The van der Waals surface area contributed by atoms with Crippen LogP contribution in [0.2, 0.25) is 0 Å². The van der Waals surface area contributed by atoms with Gasteiger partial charge < -0.3 is 4.29 Å². The summed E-state index contributed by atoms with van der Waals surface area (Å²) >= 11 is 4.61. The highest BCUT2D eigenvalue weighted by Crippen LogP contribution is 1.68. The van der Waals surface area contributed by atoms with Crippen molar-refractivity contribution in [3.05, 3.63) is 0 Å². The van der Waals surface area contributed by atoms with E-state index in [0.29, 0.717) is 0 Å². The lowest BCUT2D eigenvalue weighted by Gasteiger charge is -1.61. The minimum Gasteiger partial charge on any atom is -0.332 e. The fourth-order valence-electron chi connectivity index (χ4n) is 0.0488. The summed E-state index contributed by atoms with van der Waals surface area (Å²) in [6.07, 6.45) is 6.63. The average Bonchev–Trinajstić information content (AvgIpc) is 1.61. The van der Waals surface area contributed by atoms with E-state index < -0.39 is 0 Å². The molecule has 0 radical (unpaired) electrons. The van der Waals surface area contributed by atoms with Gasteiger partial charge in [-0.05, 0) is 5.92 Å². The first kappa shape index (κ1) is 5.21. The fraction of sp³-hybridized carbons (Fsp3) is 0. The maximum absolute atomic E-state index is 4.65. The van der Waals surface area contributed by atoms with Gasteiger partial charge in [-0.25, -0.2) is 0 Å². The van der Waals surface area contributed by atoms with E-state index in [-0.39, 0.29) is 0 Å². The molecule has 0 aliphatic rings. The van der Waals surface area contributed by atoms with Crippen molar-refractivity contribution in [3.63, 3.8) is 0 Å². The number of rotatable bonds is 0. The third kappa shape index (κ3) is 3.21. The van der Waals surface area contributed by atoms with E-state index in [1.165, 1.54) is 0 Å². The molecule has 1 nitrogen and oxygen atoms in total. The van der Waals surface area contributed by atoms with Gasteiger partial charge in [0.1, 0.15) is 11.9 Å². The molecule has 0 unspecified atom stereocenters. The average molecular weight is 101 g/mol. The molecule has 0 aromatic carbocycles. The minimum atomic E-state index is 1.98. The second kappa shape index (κ2) is 4.21. The van der Waals surface area contributed by atoms with E-state index in [4.69, 9.17) is 0 Å². The Morgan fingerprint density at radius 2 is 2.33 bits per heavy atom. The Bertz CT molecular complexity index is 112. The van der Waals surface area contributed by atoms with Crippen LogP contribution < -0.4 is 0 Å². The first-order valence-corrected chi connectivity index (χ1v) is 1.46. The maximum atomic E-state index is 4.65. The standard InChI is InChI=1S/C4HClO/c1-2-3-4-6-5/h1H. The van der Waals surface area contributed by atoms with Crippen LogP contribution in [-0.4, -0.2) is 0 Å². The highest BCUT2D eigenvalue weighted by Gasteiger charge is 1.51. The zero-order valence-electron chi connectivity index (χ0n) is 2.86. The summed E-state index contributed by atoms with van der Waals surface area (Å²) in [5, 5.41) is 0. The Balaban J connectivity index is 3.22. The maximum Gasteiger partial charge on any atom is 0.150 e. The van der Waals surface area contributed by atoms with Crippen molar-refractivity contribution < 1.29 is 4.29 Å². The molecule has 0 saturated carbocycles. The SMILES string of the molecule is C#CC#COCl. The van der Waals surface area contributed by atoms with E-state index in [1.54, 1.807) is 0 Å². The van der Waals surface area contributed by atoms with E-state index in [9.17, 15) is 0 Å². The molecule has 0 bridgehead atoms. The minimum absolute atomic E-state index is 1.98. The molecule has 0 rings (SSSR count). The van der Waals surface area contributed by atoms with Gasteiger partial charge in [0.05, 0.1) is 0 Å². The van der Waals surface area contributed by atoms with E-state index in [1.807, 2.05) is 12.0 Å². The van der Waals surface area contributed by atoms with Crippen molar-refractivity contribution in [3.8, 4) is 24.4 Å². The Kier molecular flexibility index (Phi) is 3.66. The molecule has 0 atom stereocenters. The second-order valence-corrected chi connectivity index (χ2v) is 0.603. The van der Waals surface area contributed by atoms with Crippen LogP contribution in [0.3, 0.4) is 0 Å². The molecule has 30 valence electrons. The van der Waals surface area contributed by atoms with Gasteiger partial charge in [-0.1, -0.05) is 0 Å². The smallest absolute Gasteiger partial charge is 0.150 e. The molecular formula is C4HClO. The van der Waals surface area contributed by atoms with E-state index in [2.05, 4.69) is 28.5 Å². The Labute approximate surface area is 41.4 Å². The highest BCUT2D eigenvalue weighted by molar-refractivity contribution is 6.08. The van der Waals surface area contributed by atoms with Crippen molar-refractivity contribution in [2.24, 2.45) is 0 Å². The van der Waals surface area contributed by atoms with Crippen LogP contribution in [0.25, 0.3) is 0 Å². The lowest BCUT2D eigenvalue weighted by molar-refractivity contribution is 0.582. The van der Waals surface area contributed by atoms with Crippen LogP contribution in [0.5, 0.6) is 0 Å². The first-order valence-electron chi connectivity index (χ1n) is 1.15. The van der Waals surface area contributed by atoms with Crippen LogP contribution in [0.1, 0.15) is 0 Å². The highest BCUT2D eigenvalue weighted by atomic mass is 35.5. The molecule has 0 saturated heterocycles. The normalized spacial score (nSPS) is 4.00. The Morgan fingerprint density at radius 3 is 2.50 bits per heavy atom. The monoisotopic (exact) mass is 100.0 g/mol. The summed E-state index contributed by atoms with van der Waals surface area (Å²) in [4.78, 5) is 0. The van der Waals surface area contributed by atoms with Crippen molar-refractivity contribution in [1.82, 2.24) is 0 Å². The van der Waals surface area contributed by atoms with Gasteiger partial charge in [0.25, 0.3) is 0 Å². The van der Waals surface area contributed by atoms with Crippen molar-refractivity contribution in [2.75, 3.05) is 0 Å². The van der Waals surface area contributed by atoms with Crippen LogP contribution in [0.4, 0.5) is 0 Å². The number of hydrogen-bond acceptors (Lipinski definition) is 1. The predicted molar refractivity (Wildman–Crippen MR) is 23.5 cm³/mol. The quantitative estimate of drug-likeness (QED) is 0.408. The first-order chi connectivity index (χ1) is 2.91. The van der Waals surface area contributed by atoms with E-state index >= 15 is 0 Å². The van der Waals surface area contributed by atoms with Crippen LogP contribution in [0, 0.1) is 24.4 Å². The summed E-state index contributed by atoms with van der Waals surface area (Å²) in [7, 11) is 0. The molecule has 0 aliphatic heterocycles.